The number of esters is 1. The lowest BCUT2D eigenvalue weighted by Gasteiger charge is -2.28. The van der Waals surface area contributed by atoms with Gasteiger partial charge >= 0.3 is 12.0 Å². The molecule has 28 heavy (non-hydrogen) atoms. The normalized spacial score (nSPS) is 18.9. The van der Waals surface area contributed by atoms with Gasteiger partial charge in [0.2, 0.25) is 0 Å². The zero-order valence-electron chi connectivity index (χ0n) is 16.4. The third-order valence-corrected chi connectivity index (χ3v) is 6.11. The first-order valence-electron chi connectivity index (χ1n) is 9.48. The number of unbranched alkanes of at least 4 members (excludes halogenated alkanes) is 1. The number of anilines is 1. The number of amides is 2. The number of hydrogen-bond donors (Lipinski definition) is 1. The number of hydrogen-bond acceptors (Lipinski definition) is 5. The summed E-state index contributed by atoms with van der Waals surface area (Å²) in [5.74, 6) is 0.129. The van der Waals surface area contributed by atoms with E-state index in [1.807, 2.05) is 45.0 Å². The van der Waals surface area contributed by atoms with Crippen LogP contribution in [-0.2, 0) is 9.53 Å². The molecule has 6 nitrogen and oxygen atoms in total. The molecule has 150 valence electrons. The number of carbonyl (C=O) groups is 2. The molecule has 2 amide bonds. The third kappa shape index (κ3) is 4.35. The molecule has 2 atom stereocenters. The van der Waals surface area contributed by atoms with E-state index in [9.17, 15) is 9.59 Å². The monoisotopic (exact) mass is 402 g/mol. The van der Waals surface area contributed by atoms with Gasteiger partial charge in [0.15, 0.2) is 0 Å². The van der Waals surface area contributed by atoms with Gasteiger partial charge in [-0.25, -0.2) is 9.59 Å². The minimum absolute atomic E-state index is 0.299. The second kappa shape index (κ2) is 9.19. The number of para-hydroxylation sites is 1. The molecule has 0 aliphatic carbocycles. The lowest BCUT2D eigenvalue weighted by molar-refractivity contribution is -0.148. The number of rotatable bonds is 6. The summed E-state index contributed by atoms with van der Waals surface area (Å²) >= 11 is 1.54. The summed E-state index contributed by atoms with van der Waals surface area (Å²) in [6.45, 7) is 6.31. The largest absolute Gasteiger partial charge is 0.472 e. The minimum atomic E-state index is -0.633. The molecular weight excluding hydrogens is 376 g/mol. The van der Waals surface area contributed by atoms with Crippen molar-refractivity contribution in [2.24, 2.45) is 0 Å². The Morgan fingerprint density at radius 1 is 1.29 bits per heavy atom. The molecule has 0 radical (unpaired) electrons. The second-order valence-electron chi connectivity index (χ2n) is 6.88. The third-order valence-electron chi connectivity index (χ3n) is 4.79. The number of nitrogens with one attached hydrogen (secondary N) is 1. The van der Waals surface area contributed by atoms with Crippen LogP contribution >= 0.6 is 11.8 Å². The summed E-state index contributed by atoms with van der Waals surface area (Å²) in [5, 5.41) is 2.70. The smallest absolute Gasteiger partial charge is 0.329 e. The van der Waals surface area contributed by atoms with E-state index in [4.69, 9.17) is 9.15 Å². The molecule has 1 aromatic carbocycles. The van der Waals surface area contributed by atoms with Crippen molar-refractivity contribution in [2.75, 3.05) is 17.7 Å². The molecule has 0 saturated carbocycles. The lowest BCUT2D eigenvalue weighted by atomic mass is 10.1. The molecule has 1 aromatic heterocycles. The average molecular weight is 403 g/mol. The number of furan rings is 1. The first-order chi connectivity index (χ1) is 13.5. The zero-order chi connectivity index (χ0) is 20.1. The topological polar surface area (TPSA) is 71.8 Å². The Hall–Kier alpha value is -2.41. The summed E-state index contributed by atoms with van der Waals surface area (Å²) in [6.07, 6.45) is 4.94. The molecule has 2 heterocycles. The Labute approximate surface area is 169 Å². The standard InChI is InChI=1S/C21H26N2O4S/c1-4-5-10-27-20(24)17-13-28-19(16-9-11-26-12-16)23(17)21(25)22-18-14(2)7-6-8-15(18)3/h6-9,11-12,17,19H,4-5,10,13H2,1-3H3,(H,22,25). The van der Waals surface area contributed by atoms with Crippen LogP contribution in [0.4, 0.5) is 10.5 Å². The quantitative estimate of drug-likeness (QED) is 0.550. The fourth-order valence-electron chi connectivity index (χ4n) is 3.20. The van der Waals surface area contributed by atoms with Gasteiger partial charge in [0, 0.05) is 17.0 Å². The van der Waals surface area contributed by atoms with E-state index in [0.29, 0.717) is 12.4 Å². The Kier molecular flexibility index (Phi) is 6.67. The highest BCUT2D eigenvalue weighted by atomic mass is 32.2. The summed E-state index contributed by atoms with van der Waals surface area (Å²) in [4.78, 5) is 27.5. The number of thioether (sulfide) groups is 1. The van der Waals surface area contributed by atoms with Gasteiger partial charge in [0.05, 0.1) is 19.1 Å². The highest BCUT2D eigenvalue weighted by Crippen LogP contribution is 2.42. The summed E-state index contributed by atoms with van der Waals surface area (Å²) in [5.41, 5.74) is 3.57. The SMILES string of the molecule is CCCCOC(=O)C1CSC(c2ccoc2)N1C(=O)Nc1c(C)cccc1C. The molecule has 1 saturated heterocycles. The molecule has 1 fully saturated rings. The van der Waals surface area contributed by atoms with Crippen LogP contribution in [-0.4, -0.2) is 35.3 Å². The highest BCUT2D eigenvalue weighted by molar-refractivity contribution is 7.99. The maximum absolute atomic E-state index is 13.2. The molecule has 1 N–H and O–H groups in total. The zero-order valence-corrected chi connectivity index (χ0v) is 17.3. The Bertz CT molecular complexity index is 802. The first kappa shape index (κ1) is 20.3. The van der Waals surface area contributed by atoms with E-state index >= 15 is 0 Å². The number of benzene rings is 1. The summed E-state index contributed by atoms with van der Waals surface area (Å²) in [7, 11) is 0. The molecule has 2 unspecified atom stereocenters. The van der Waals surface area contributed by atoms with Gasteiger partial charge in [-0.15, -0.1) is 11.8 Å². The average Bonchev–Trinajstić information content (AvgIpc) is 3.34. The van der Waals surface area contributed by atoms with Crippen molar-refractivity contribution in [2.45, 2.75) is 45.0 Å². The maximum Gasteiger partial charge on any atom is 0.329 e. The molecule has 1 aliphatic rings. The predicted octanol–water partition coefficient (Wildman–Crippen LogP) is 4.89. The first-order valence-corrected chi connectivity index (χ1v) is 10.5. The number of ether oxygens (including phenoxy) is 1. The van der Waals surface area contributed by atoms with E-state index in [1.165, 1.54) is 11.8 Å². The molecule has 3 rings (SSSR count). The van der Waals surface area contributed by atoms with E-state index in [1.54, 1.807) is 17.4 Å². The van der Waals surface area contributed by atoms with Gasteiger partial charge in [0.25, 0.3) is 0 Å². The van der Waals surface area contributed by atoms with Gasteiger partial charge in [-0.1, -0.05) is 31.5 Å². The number of carbonyl (C=O) groups excluding carboxylic acids is 2. The maximum atomic E-state index is 13.2. The fraction of sp³-hybridized carbons (Fsp3) is 0.429. The van der Waals surface area contributed by atoms with Crippen LogP contribution < -0.4 is 5.32 Å². The summed E-state index contributed by atoms with van der Waals surface area (Å²) in [6, 6.07) is 6.73. The molecule has 2 aromatic rings. The number of aryl methyl sites for hydroxylation is 2. The van der Waals surface area contributed by atoms with Crippen molar-refractivity contribution in [1.82, 2.24) is 4.90 Å². The van der Waals surface area contributed by atoms with E-state index in [-0.39, 0.29) is 17.4 Å². The Balaban J connectivity index is 1.84. The predicted molar refractivity (Wildman–Crippen MR) is 110 cm³/mol. The minimum Gasteiger partial charge on any atom is -0.472 e. The van der Waals surface area contributed by atoms with Gasteiger partial charge in [-0.2, -0.15) is 0 Å². The second-order valence-corrected chi connectivity index (χ2v) is 8.00. The molecule has 1 aliphatic heterocycles. The van der Waals surface area contributed by atoms with Crippen LogP contribution in [0, 0.1) is 13.8 Å². The van der Waals surface area contributed by atoms with Crippen LogP contribution in [0.1, 0.15) is 41.8 Å². The van der Waals surface area contributed by atoms with E-state index < -0.39 is 6.04 Å². The van der Waals surface area contributed by atoms with E-state index in [0.717, 1.165) is 35.2 Å². The summed E-state index contributed by atoms with van der Waals surface area (Å²) < 4.78 is 10.6. The van der Waals surface area contributed by atoms with Crippen molar-refractivity contribution in [1.29, 1.82) is 0 Å². The fourth-order valence-corrected chi connectivity index (χ4v) is 4.60. The number of nitrogens with zero attached hydrogens (tertiary/aromatic N) is 1. The Morgan fingerprint density at radius 3 is 2.68 bits per heavy atom. The van der Waals surface area contributed by atoms with Crippen molar-refractivity contribution >= 4 is 29.4 Å². The number of urea groups is 1. The van der Waals surface area contributed by atoms with Crippen LogP contribution in [0.15, 0.2) is 41.2 Å². The van der Waals surface area contributed by atoms with Gasteiger partial charge in [-0.3, -0.25) is 4.90 Å². The van der Waals surface area contributed by atoms with Crippen molar-refractivity contribution in [3.63, 3.8) is 0 Å². The van der Waals surface area contributed by atoms with E-state index in [2.05, 4.69) is 5.32 Å². The van der Waals surface area contributed by atoms with Gasteiger partial charge in [-0.05, 0) is 37.5 Å². The highest BCUT2D eigenvalue weighted by Gasteiger charge is 2.43. The van der Waals surface area contributed by atoms with Crippen LogP contribution in [0.2, 0.25) is 0 Å². The molecule has 7 heteroatoms. The molecular formula is C21H26N2O4S. The lowest BCUT2D eigenvalue weighted by Crippen LogP contribution is -2.46. The van der Waals surface area contributed by atoms with Crippen LogP contribution in [0.3, 0.4) is 0 Å². The van der Waals surface area contributed by atoms with Crippen molar-refractivity contribution in [3.8, 4) is 0 Å². The molecule has 0 bridgehead atoms. The van der Waals surface area contributed by atoms with Crippen LogP contribution in [0.25, 0.3) is 0 Å². The van der Waals surface area contributed by atoms with Gasteiger partial charge in [0.1, 0.15) is 11.4 Å². The van der Waals surface area contributed by atoms with Gasteiger partial charge < -0.3 is 14.5 Å². The Morgan fingerprint density at radius 2 is 2.04 bits per heavy atom. The van der Waals surface area contributed by atoms with Crippen molar-refractivity contribution < 1.29 is 18.7 Å². The molecule has 0 spiro atoms. The van der Waals surface area contributed by atoms with Crippen molar-refractivity contribution in [3.05, 3.63) is 53.5 Å². The van der Waals surface area contributed by atoms with Crippen LogP contribution in [0.5, 0.6) is 0 Å².